The first-order chi connectivity index (χ1) is 13.8. The summed E-state index contributed by atoms with van der Waals surface area (Å²) in [5.74, 6) is 1.34. The summed E-state index contributed by atoms with van der Waals surface area (Å²) >= 11 is 0. The molecule has 0 aromatic heterocycles. The fourth-order valence-corrected chi connectivity index (χ4v) is 4.24. The molecule has 0 aliphatic heterocycles. The molecule has 1 fully saturated rings. The van der Waals surface area contributed by atoms with E-state index in [0.29, 0.717) is 17.9 Å². The van der Waals surface area contributed by atoms with Gasteiger partial charge < -0.3 is 10.6 Å². The second-order valence-electron chi connectivity index (χ2n) is 8.06. The van der Waals surface area contributed by atoms with Crippen LogP contribution in [0.4, 0.5) is 11.4 Å². The van der Waals surface area contributed by atoms with Crippen LogP contribution in [0.2, 0.25) is 0 Å². The SMILES string of the molecule is CC1=CC(Nc2ccc(-c3ccc(NC4C5C=CC=CC54)cc3)cc2)=CCC1. The van der Waals surface area contributed by atoms with Gasteiger partial charge in [0.2, 0.25) is 0 Å². The van der Waals surface area contributed by atoms with Gasteiger partial charge in [0.1, 0.15) is 0 Å². The van der Waals surface area contributed by atoms with Crippen LogP contribution in [-0.4, -0.2) is 6.04 Å². The largest absolute Gasteiger partial charge is 0.381 e. The molecule has 0 bridgehead atoms. The van der Waals surface area contributed by atoms with Gasteiger partial charge in [-0.05, 0) is 61.2 Å². The van der Waals surface area contributed by atoms with Crippen molar-refractivity contribution in [3.8, 4) is 11.1 Å². The highest BCUT2D eigenvalue weighted by molar-refractivity contribution is 5.69. The van der Waals surface area contributed by atoms with Gasteiger partial charge in [-0.1, -0.05) is 60.2 Å². The highest BCUT2D eigenvalue weighted by atomic mass is 15.0. The lowest BCUT2D eigenvalue weighted by molar-refractivity contribution is 0.947. The standard InChI is InChI=1S/C26H26N2/c1-18-5-4-6-23(17-18)27-21-13-9-19(10-14-21)20-11-15-22(16-12-20)28-26-24-7-2-3-8-25(24)26/h2-3,6-17,24-28H,4-5H2,1H3. The molecule has 2 N–H and O–H groups in total. The molecule has 2 heteroatoms. The first kappa shape index (κ1) is 17.1. The third-order valence-corrected chi connectivity index (χ3v) is 5.94. The molecule has 0 amide bonds. The van der Waals surface area contributed by atoms with E-state index in [1.165, 1.54) is 34.5 Å². The Kier molecular flexibility index (Phi) is 4.40. The van der Waals surface area contributed by atoms with Gasteiger partial charge in [-0.3, -0.25) is 0 Å². The lowest BCUT2D eigenvalue weighted by Gasteiger charge is -2.13. The van der Waals surface area contributed by atoms with E-state index in [9.17, 15) is 0 Å². The minimum absolute atomic E-state index is 0.554. The monoisotopic (exact) mass is 366 g/mol. The van der Waals surface area contributed by atoms with Gasteiger partial charge >= 0.3 is 0 Å². The molecule has 2 unspecified atom stereocenters. The average Bonchev–Trinajstić information content (AvgIpc) is 3.42. The summed E-state index contributed by atoms with van der Waals surface area (Å²) in [6.45, 7) is 2.20. The number of rotatable bonds is 5. The minimum Gasteiger partial charge on any atom is -0.381 e. The van der Waals surface area contributed by atoms with Crippen molar-refractivity contribution in [3.63, 3.8) is 0 Å². The maximum absolute atomic E-state index is 3.67. The molecule has 1 saturated carbocycles. The molecular weight excluding hydrogens is 340 g/mol. The lowest BCUT2D eigenvalue weighted by Crippen LogP contribution is -2.04. The fraction of sp³-hybridized carbons (Fsp3) is 0.231. The molecule has 28 heavy (non-hydrogen) atoms. The summed E-state index contributed by atoms with van der Waals surface area (Å²) in [5.41, 5.74) is 7.47. The van der Waals surface area contributed by atoms with Crippen LogP contribution < -0.4 is 10.6 Å². The Balaban J connectivity index is 1.23. The Morgan fingerprint density at radius 1 is 0.786 bits per heavy atom. The molecule has 3 aliphatic carbocycles. The maximum Gasteiger partial charge on any atom is 0.0399 e. The smallest absolute Gasteiger partial charge is 0.0399 e. The van der Waals surface area contributed by atoms with E-state index in [1.807, 2.05) is 0 Å². The average molecular weight is 367 g/mol. The van der Waals surface area contributed by atoms with E-state index in [2.05, 4.69) is 103 Å². The number of hydrogen-bond donors (Lipinski definition) is 2. The Bertz CT molecular complexity index is 956. The first-order valence-electron chi connectivity index (χ1n) is 10.2. The Morgan fingerprint density at radius 2 is 1.39 bits per heavy atom. The van der Waals surface area contributed by atoms with Crippen LogP contribution >= 0.6 is 0 Å². The van der Waals surface area contributed by atoms with Gasteiger partial charge in [-0.2, -0.15) is 0 Å². The molecule has 2 aromatic rings. The zero-order valence-electron chi connectivity index (χ0n) is 16.2. The zero-order chi connectivity index (χ0) is 18.9. The molecule has 0 saturated heterocycles. The van der Waals surface area contributed by atoms with Crippen molar-refractivity contribution in [1.29, 1.82) is 0 Å². The number of benzene rings is 2. The molecule has 0 spiro atoms. The van der Waals surface area contributed by atoms with E-state index in [1.54, 1.807) is 0 Å². The van der Waals surface area contributed by atoms with Gasteiger partial charge in [-0.15, -0.1) is 0 Å². The van der Waals surface area contributed by atoms with Crippen molar-refractivity contribution in [2.75, 3.05) is 10.6 Å². The second-order valence-corrected chi connectivity index (χ2v) is 8.06. The van der Waals surface area contributed by atoms with Crippen molar-refractivity contribution in [2.24, 2.45) is 11.8 Å². The minimum atomic E-state index is 0.554. The van der Waals surface area contributed by atoms with E-state index < -0.39 is 0 Å². The highest BCUT2D eigenvalue weighted by Crippen LogP contribution is 2.45. The van der Waals surface area contributed by atoms with Crippen molar-refractivity contribution >= 4 is 11.4 Å². The van der Waals surface area contributed by atoms with Crippen LogP contribution in [0, 0.1) is 11.8 Å². The van der Waals surface area contributed by atoms with Crippen molar-refractivity contribution in [1.82, 2.24) is 0 Å². The van der Waals surface area contributed by atoms with E-state index in [4.69, 9.17) is 0 Å². The normalized spacial score (nSPS) is 24.8. The van der Waals surface area contributed by atoms with E-state index in [-0.39, 0.29) is 0 Å². The van der Waals surface area contributed by atoms with Crippen molar-refractivity contribution in [2.45, 2.75) is 25.8 Å². The summed E-state index contributed by atoms with van der Waals surface area (Å²) < 4.78 is 0. The van der Waals surface area contributed by atoms with Crippen LogP contribution in [0.1, 0.15) is 19.8 Å². The van der Waals surface area contributed by atoms with Crippen LogP contribution in [0.25, 0.3) is 11.1 Å². The summed E-state index contributed by atoms with van der Waals surface area (Å²) in [4.78, 5) is 0. The number of anilines is 2. The Hall–Kier alpha value is -3.00. The van der Waals surface area contributed by atoms with E-state index in [0.717, 1.165) is 12.1 Å². The van der Waals surface area contributed by atoms with Gasteiger partial charge in [0, 0.05) is 34.9 Å². The van der Waals surface area contributed by atoms with Crippen LogP contribution in [0.5, 0.6) is 0 Å². The molecule has 0 heterocycles. The highest BCUT2D eigenvalue weighted by Gasteiger charge is 2.47. The Labute approximate surface area is 167 Å². The number of nitrogens with one attached hydrogen (secondary N) is 2. The molecular formula is C26H26N2. The second kappa shape index (κ2) is 7.20. The topological polar surface area (TPSA) is 24.1 Å². The Morgan fingerprint density at radius 3 is 2.00 bits per heavy atom. The number of fused-ring (bicyclic) bond motifs is 1. The van der Waals surface area contributed by atoms with E-state index >= 15 is 0 Å². The van der Waals surface area contributed by atoms with Crippen molar-refractivity contribution in [3.05, 3.63) is 96.3 Å². The molecule has 3 aliphatic rings. The van der Waals surface area contributed by atoms with Crippen LogP contribution in [0.15, 0.2) is 96.3 Å². The molecule has 2 aromatic carbocycles. The lowest BCUT2D eigenvalue weighted by atomic mass is 10.0. The van der Waals surface area contributed by atoms with Crippen LogP contribution in [-0.2, 0) is 0 Å². The first-order valence-corrected chi connectivity index (χ1v) is 10.2. The summed E-state index contributed by atoms with van der Waals surface area (Å²) in [6, 6.07) is 18.1. The van der Waals surface area contributed by atoms with Crippen molar-refractivity contribution < 1.29 is 0 Å². The molecule has 140 valence electrons. The van der Waals surface area contributed by atoms with Crippen LogP contribution in [0.3, 0.4) is 0 Å². The third kappa shape index (κ3) is 3.55. The third-order valence-electron chi connectivity index (χ3n) is 5.94. The summed E-state index contributed by atoms with van der Waals surface area (Å²) in [6.07, 6.45) is 15.8. The number of allylic oxidation sites excluding steroid dienone is 5. The zero-order valence-corrected chi connectivity index (χ0v) is 16.2. The van der Waals surface area contributed by atoms with Gasteiger partial charge in [0.05, 0.1) is 0 Å². The summed E-state index contributed by atoms with van der Waals surface area (Å²) in [7, 11) is 0. The molecule has 0 radical (unpaired) electrons. The molecule has 5 rings (SSSR count). The quantitative estimate of drug-likeness (QED) is 0.627. The molecule has 2 nitrogen and oxygen atoms in total. The molecule has 2 atom stereocenters. The van der Waals surface area contributed by atoms with Gasteiger partial charge in [-0.25, -0.2) is 0 Å². The van der Waals surface area contributed by atoms with Gasteiger partial charge in [0.15, 0.2) is 0 Å². The maximum atomic E-state index is 3.67. The fourth-order valence-electron chi connectivity index (χ4n) is 4.24. The van der Waals surface area contributed by atoms with Gasteiger partial charge in [0.25, 0.3) is 0 Å². The number of hydrogen-bond acceptors (Lipinski definition) is 2. The summed E-state index contributed by atoms with van der Waals surface area (Å²) in [5, 5.41) is 7.19. The predicted molar refractivity (Wildman–Crippen MR) is 119 cm³/mol. The predicted octanol–water partition coefficient (Wildman–Crippen LogP) is 6.54.